The van der Waals surface area contributed by atoms with Gasteiger partial charge in [0.25, 0.3) is 0 Å². The third-order valence-electron chi connectivity index (χ3n) is 2.18. The molecule has 2 heterocycles. The minimum Gasteiger partial charge on any atom is -0.308 e. The number of fused-ring (bicyclic) bond motifs is 1. The van der Waals surface area contributed by atoms with Gasteiger partial charge in [0.05, 0.1) is 6.54 Å². The number of nitrogens with zero attached hydrogens (tertiary/aromatic N) is 4. The molecular weight excluding hydrogens is 190 g/mol. The topological polar surface area (TPSA) is 55.1 Å². The first kappa shape index (κ1) is 10.0. The largest absolute Gasteiger partial charge is 0.308 e. The fourth-order valence-corrected chi connectivity index (χ4v) is 1.35. The molecule has 1 N–H and O–H groups in total. The van der Waals surface area contributed by atoms with E-state index in [2.05, 4.69) is 34.3 Å². The van der Waals surface area contributed by atoms with Crippen LogP contribution in [-0.4, -0.2) is 25.6 Å². The maximum Gasteiger partial charge on any atom is 0.163 e. The molecule has 0 saturated heterocycles. The van der Waals surface area contributed by atoms with Crippen LogP contribution in [0.3, 0.4) is 0 Å². The number of aromatic nitrogens is 4. The number of nitrogens with one attached hydrogen (secondary N) is 1. The van der Waals surface area contributed by atoms with Gasteiger partial charge in [-0.05, 0) is 6.92 Å². The predicted octanol–water partition coefficient (Wildman–Crippen LogP) is 0.931. The summed E-state index contributed by atoms with van der Waals surface area (Å²) in [5, 5.41) is 11.5. The Morgan fingerprint density at radius 2 is 2.20 bits per heavy atom. The van der Waals surface area contributed by atoms with E-state index in [1.807, 2.05) is 17.4 Å². The van der Waals surface area contributed by atoms with Crippen molar-refractivity contribution in [2.75, 3.05) is 0 Å². The molecule has 2 rings (SSSR count). The monoisotopic (exact) mass is 205 g/mol. The zero-order valence-electron chi connectivity index (χ0n) is 9.23. The molecule has 0 spiro atoms. The van der Waals surface area contributed by atoms with Crippen molar-refractivity contribution < 1.29 is 0 Å². The van der Waals surface area contributed by atoms with E-state index in [0.29, 0.717) is 12.6 Å². The van der Waals surface area contributed by atoms with E-state index in [0.717, 1.165) is 17.2 Å². The van der Waals surface area contributed by atoms with Gasteiger partial charge in [-0.15, -0.1) is 10.2 Å². The second kappa shape index (κ2) is 3.94. The van der Waals surface area contributed by atoms with Crippen LogP contribution in [0, 0.1) is 6.92 Å². The molecule has 0 radical (unpaired) electrons. The fraction of sp³-hybridized carbons (Fsp3) is 0.500. The molecule has 0 bridgehead atoms. The van der Waals surface area contributed by atoms with Crippen LogP contribution in [-0.2, 0) is 6.54 Å². The van der Waals surface area contributed by atoms with Crippen molar-refractivity contribution in [2.45, 2.75) is 33.4 Å². The van der Waals surface area contributed by atoms with Crippen LogP contribution in [0.2, 0.25) is 0 Å². The van der Waals surface area contributed by atoms with Gasteiger partial charge in [-0.25, -0.2) is 4.98 Å². The van der Waals surface area contributed by atoms with E-state index in [1.165, 1.54) is 0 Å². The van der Waals surface area contributed by atoms with Crippen LogP contribution >= 0.6 is 0 Å². The predicted molar refractivity (Wildman–Crippen MR) is 57.5 cm³/mol. The maximum atomic E-state index is 4.22. The molecule has 2 aromatic heterocycles. The lowest BCUT2D eigenvalue weighted by atomic mass is 10.4. The van der Waals surface area contributed by atoms with E-state index < -0.39 is 0 Å². The zero-order chi connectivity index (χ0) is 10.8. The van der Waals surface area contributed by atoms with Gasteiger partial charge in [0.2, 0.25) is 0 Å². The molecule has 5 nitrogen and oxygen atoms in total. The summed E-state index contributed by atoms with van der Waals surface area (Å²) in [6.45, 7) is 6.86. The van der Waals surface area contributed by atoms with E-state index >= 15 is 0 Å². The summed E-state index contributed by atoms with van der Waals surface area (Å²) in [6.07, 6.45) is 1.77. The third kappa shape index (κ3) is 2.12. The minimum absolute atomic E-state index is 0.441. The number of hydrogen-bond acceptors (Lipinski definition) is 4. The lowest BCUT2D eigenvalue weighted by molar-refractivity contribution is 0.569. The van der Waals surface area contributed by atoms with Crippen molar-refractivity contribution in [3.63, 3.8) is 0 Å². The second-order valence-corrected chi connectivity index (χ2v) is 3.91. The van der Waals surface area contributed by atoms with Gasteiger partial charge in [0, 0.05) is 17.8 Å². The average molecular weight is 205 g/mol. The Morgan fingerprint density at radius 1 is 1.40 bits per heavy atom. The molecule has 5 heteroatoms. The summed E-state index contributed by atoms with van der Waals surface area (Å²) >= 11 is 0. The number of rotatable bonds is 3. The highest BCUT2D eigenvalue weighted by molar-refractivity contribution is 5.37. The highest BCUT2D eigenvalue weighted by Crippen LogP contribution is 2.03. The Balaban J connectivity index is 2.29. The first-order valence-corrected chi connectivity index (χ1v) is 5.06. The molecule has 0 aliphatic rings. The molecule has 0 aliphatic heterocycles. The van der Waals surface area contributed by atoms with Crippen molar-refractivity contribution in [3.8, 4) is 0 Å². The summed E-state index contributed by atoms with van der Waals surface area (Å²) in [7, 11) is 0. The first-order chi connectivity index (χ1) is 7.16. The van der Waals surface area contributed by atoms with Crippen molar-refractivity contribution in [2.24, 2.45) is 0 Å². The Kier molecular flexibility index (Phi) is 2.64. The zero-order valence-corrected chi connectivity index (χ0v) is 9.23. The fourth-order valence-electron chi connectivity index (χ4n) is 1.35. The summed E-state index contributed by atoms with van der Waals surface area (Å²) in [5.41, 5.74) is 1.81. The Labute approximate surface area is 88.6 Å². The molecule has 0 aromatic carbocycles. The molecule has 15 heavy (non-hydrogen) atoms. The molecule has 0 amide bonds. The van der Waals surface area contributed by atoms with E-state index in [4.69, 9.17) is 0 Å². The molecule has 0 fully saturated rings. The molecular formula is C10H15N5. The van der Waals surface area contributed by atoms with Crippen molar-refractivity contribution >= 4 is 5.65 Å². The Hall–Kier alpha value is -1.49. The van der Waals surface area contributed by atoms with Crippen molar-refractivity contribution in [1.29, 1.82) is 0 Å². The third-order valence-corrected chi connectivity index (χ3v) is 2.18. The van der Waals surface area contributed by atoms with Crippen LogP contribution in [0.1, 0.15) is 25.4 Å². The SMILES string of the molecule is Cc1cc2nnc(CNC(C)C)n2cn1. The molecule has 2 aromatic rings. The van der Waals surface area contributed by atoms with Gasteiger partial charge in [-0.1, -0.05) is 13.8 Å². The Morgan fingerprint density at radius 3 is 2.93 bits per heavy atom. The average Bonchev–Trinajstić information content (AvgIpc) is 2.57. The lowest BCUT2D eigenvalue weighted by Gasteiger charge is -2.05. The molecule has 80 valence electrons. The quantitative estimate of drug-likeness (QED) is 0.810. The van der Waals surface area contributed by atoms with Gasteiger partial charge in [0.1, 0.15) is 6.33 Å². The summed E-state index contributed by atoms with van der Waals surface area (Å²) in [4.78, 5) is 4.22. The van der Waals surface area contributed by atoms with Crippen molar-refractivity contribution in [3.05, 3.63) is 23.9 Å². The smallest absolute Gasteiger partial charge is 0.163 e. The summed E-state index contributed by atoms with van der Waals surface area (Å²) < 4.78 is 1.91. The van der Waals surface area contributed by atoms with Crippen LogP contribution < -0.4 is 5.32 Å². The summed E-state index contributed by atoms with van der Waals surface area (Å²) in [5.74, 6) is 0.895. The van der Waals surface area contributed by atoms with Gasteiger partial charge in [-0.3, -0.25) is 4.40 Å². The molecule has 0 atom stereocenters. The van der Waals surface area contributed by atoms with Crippen LogP contribution in [0.15, 0.2) is 12.4 Å². The highest BCUT2D eigenvalue weighted by atomic mass is 15.3. The first-order valence-electron chi connectivity index (χ1n) is 5.06. The Bertz CT molecular complexity index is 460. The minimum atomic E-state index is 0.441. The van der Waals surface area contributed by atoms with E-state index in [-0.39, 0.29) is 0 Å². The van der Waals surface area contributed by atoms with Crippen LogP contribution in [0.5, 0.6) is 0 Å². The van der Waals surface area contributed by atoms with Gasteiger partial charge >= 0.3 is 0 Å². The van der Waals surface area contributed by atoms with E-state index in [9.17, 15) is 0 Å². The lowest BCUT2D eigenvalue weighted by Crippen LogP contribution is -2.23. The van der Waals surface area contributed by atoms with E-state index in [1.54, 1.807) is 6.33 Å². The maximum absolute atomic E-state index is 4.22. The highest BCUT2D eigenvalue weighted by Gasteiger charge is 2.05. The van der Waals surface area contributed by atoms with Gasteiger partial charge < -0.3 is 5.32 Å². The molecule has 0 aliphatic carbocycles. The van der Waals surface area contributed by atoms with Gasteiger partial charge in [-0.2, -0.15) is 0 Å². The normalized spacial score (nSPS) is 11.5. The number of hydrogen-bond donors (Lipinski definition) is 1. The van der Waals surface area contributed by atoms with Gasteiger partial charge in [0.15, 0.2) is 11.5 Å². The second-order valence-electron chi connectivity index (χ2n) is 3.91. The number of aryl methyl sites for hydroxylation is 1. The standard InChI is InChI=1S/C10H15N5/c1-7(2)11-5-10-14-13-9-4-8(3)12-6-15(9)10/h4,6-7,11H,5H2,1-3H3. The van der Waals surface area contributed by atoms with Crippen LogP contribution in [0.4, 0.5) is 0 Å². The molecule has 0 unspecified atom stereocenters. The molecule has 0 saturated carbocycles. The van der Waals surface area contributed by atoms with Crippen molar-refractivity contribution in [1.82, 2.24) is 24.9 Å². The summed E-state index contributed by atoms with van der Waals surface area (Å²) in [6, 6.07) is 2.36. The van der Waals surface area contributed by atoms with Crippen LogP contribution in [0.25, 0.3) is 5.65 Å².